The number of hydrogen-bond acceptors (Lipinski definition) is 16. The first-order valence-corrected chi connectivity index (χ1v) is 13.2. The van der Waals surface area contributed by atoms with E-state index in [4.69, 9.17) is 10.5 Å². The maximum Gasteiger partial charge on any atom is 0.276 e. The number of rotatable bonds is 8. The van der Waals surface area contributed by atoms with E-state index in [1.165, 1.54) is 17.2 Å². The number of nitrogens with two attached hydrogens (primary N) is 1. The molecule has 0 aliphatic carbocycles. The number of phosphoric acid groups is 2. The molecule has 1 aliphatic rings. The van der Waals surface area contributed by atoms with Crippen molar-refractivity contribution >= 4 is 51.2 Å². The van der Waals surface area contributed by atoms with Gasteiger partial charge in [0.15, 0.2) is 11.5 Å². The van der Waals surface area contributed by atoms with Gasteiger partial charge in [0.2, 0.25) is 0 Å². The summed E-state index contributed by atoms with van der Waals surface area (Å²) in [6, 6.07) is 0. The van der Waals surface area contributed by atoms with E-state index in [9.17, 15) is 33.8 Å². The number of fused-ring (bicyclic) bond motifs is 1. The number of nitrogen functional groups attached to an aromatic ring is 1. The fourth-order valence-corrected chi connectivity index (χ4v) is 6.35. The van der Waals surface area contributed by atoms with Gasteiger partial charge < -0.3 is 44.2 Å². The molecule has 0 saturated carbocycles. The lowest BCUT2D eigenvalue weighted by molar-refractivity contribution is -0.339. The Hall–Kier alpha value is -0.900. The van der Waals surface area contributed by atoms with Gasteiger partial charge in [-0.25, -0.2) is 15.0 Å². The van der Waals surface area contributed by atoms with Crippen molar-refractivity contribution in [1.82, 2.24) is 19.5 Å². The van der Waals surface area contributed by atoms with Crippen LogP contribution in [-0.2, 0) is 38.8 Å². The van der Waals surface area contributed by atoms with Gasteiger partial charge in [0, 0.05) is 6.42 Å². The van der Waals surface area contributed by atoms with Crippen LogP contribution in [0.15, 0.2) is 12.7 Å². The summed E-state index contributed by atoms with van der Waals surface area (Å²) < 4.78 is 40.3. The zero-order chi connectivity index (χ0) is 22.3. The van der Waals surface area contributed by atoms with Crippen molar-refractivity contribution in [1.29, 1.82) is 0 Å². The second-order valence-corrected chi connectivity index (χ2v) is 11.4. The predicted octanol–water partition coefficient (Wildman–Crippen LogP) is -3.01. The average Bonchev–Trinajstić information content (AvgIpc) is 3.14. The highest BCUT2D eigenvalue weighted by molar-refractivity contribution is 8.07. The van der Waals surface area contributed by atoms with Crippen molar-refractivity contribution in [3.05, 3.63) is 12.7 Å². The molecule has 20 heteroatoms. The average molecular weight is 503 g/mol. The number of ether oxygens (including phenoxy) is 1. The number of aliphatic hydroxyl groups is 1. The highest BCUT2D eigenvalue weighted by Gasteiger charge is 2.36. The molecule has 5 atom stereocenters. The molecule has 2 aromatic rings. The maximum atomic E-state index is 11.9. The molecule has 0 spiro atoms. The molecular weight excluding hydrogens is 491 g/mol. The first-order valence-electron chi connectivity index (χ1n) is 7.74. The molecule has 30 heavy (non-hydrogen) atoms. The Morgan fingerprint density at radius 1 is 1.27 bits per heavy atom. The third-order valence-electron chi connectivity index (χ3n) is 3.70. The van der Waals surface area contributed by atoms with E-state index >= 15 is 0 Å². The third kappa shape index (κ3) is 5.87. The Morgan fingerprint density at radius 2 is 1.97 bits per heavy atom. The first kappa shape index (κ1) is 23.8. The van der Waals surface area contributed by atoms with Gasteiger partial charge in [-0.3, -0.25) is 17.8 Å². The SMILES string of the molecule is Nc1ncnc2c1ncn2C1CC(O)C(COP([O-])(=S)OP(=O)([O-])OP(=O)([O-])[O-])O1. The minimum Gasteiger partial charge on any atom is -0.790 e. The highest BCUT2D eigenvalue weighted by Crippen LogP contribution is 2.60. The van der Waals surface area contributed by atoms with E-state index in [2.05, 4.69) is 39.9 Å². The monoisotopic (exact) mass is 503 g/mol. The summed E-state index contributed by atoms with van der Waals surface area (Å²) in [5.74, 6) is 0.131. The summed E-state index contributed by atoms with van der Waals surface area (Å²) >= 11 is 4.32. The predicted molar refractivity (Wildman–Crippen MR) is 91.9 cm³/mol. The van der Waals surface area contributed by atoms with Crippen LogP contribution in [0.1, 0.15) is 12.6 Å². The quantitative estimate of drug-likeness (QED) is 0.340. The molecule has 1 fully saturated rings. The Balaban J connectivity index is 1.64. The van der Waals surface area contributed by atoms with E-state index in [1.807, 2.05) is 0 Å². The normalized spacial score (nSPS) is 26.5. The van der Waals surface area contributed by atoms with E-state index < -0.39 is 47.4 Å². The number of anilines is 1. The molecule has 168 valence electrons. The fraction of sp³-hybridized carbons (Fsp3) is 0.500. The summed E-state index contributed by atoms with van der Waals surface area (Å²) in [6.45, 7) is -5.57. The first-order chi connectivity index (χ1) is 13.8. The van der Waals surface area contributed by atoms with Gasteiger partial charge in [0.25, 0.3) is 7.82 Å². The number of aromatic nitrogens is 4. The maximum absolute atomic E-state index is 11.9. The van der Waals surface area contributed by atoms with Gasteiger partial charge in [0.05, 0.1) is 26.9 Å². The van der Waals surface area contributed by atoms with Crippen molar-refractivity contribution in [3.8, 4) is 0 Å². The van der Waals surface area contributed by atoms with Crippen LogP contribution in [0.2, 0.25) is 0 Å². The zero-order valence-electron chi connectivity index (χ0n) is 14.4. The largest absolute Gasteiger partial charge is 0.790 e. The van der Waals surface area contributed by atoms with E-state index in [1.54, 1.807) is 0 Å². The summed E-state index contributed by atoms with van der Waals surface area (Å²) in [7, 11) is -11.9. The molecule has 5 unspecified atom stereocenters. The Bertz CT molecular complexity index is 1080. The molecule has 3 N–H and O–H groups in total. The van der Waals surface area contributed by atoms with Crippen molar-refractivity contribution in [3.63, 3.8) is 0 Å². The summed E-state index contributed by atoms with van der Waals surface area (Å²) in [5, 5.41) is 10.1. The summed E-state index contributed by atoms with van der Waals surface area (Å²) in [6.07, 6.45) is -0.515. The highest BCUT2D eigenvalue weighted by atomic mass is 32.5. The number of nitrogens with zero attached hydrogens (tertiary/aromatic N) is 4. The van der Waals surface area contributed by atoms with Crippen LogP contribution in [0.3, 0.4) is 0 Å². The Labute approximate surface area is 172 Å². The smallest absolute Gasteiger partial charge is 0.276 e. The van der Waals surface area contributed by atoms with Gasteiger partial charge in [-0.05, 0) is 0 Å². The van der Waals surface area contributed by atoms with Gasteiger partial charge >= 0.3 is 0 Å². The Morgan fingerprint density at radius 3 is 2.63 bits per heavy atom. The molecule has 0 radical (unpaired) electrons. The number of aliphatic hydroxyl groups excluding tert-OH is 1. The van der Waals surface area contributed by atoms with Crippen LogP contribution in [0, 0.1) is 0 Å². The minimum atomic E-state index is -6.00. The van der Waals surface area contributed by atoms with Crippen molar-refractivity contribution in [2.75, 3.05) is 12.3 Å². The van der Waals surface area contributed by atoms with Crippen molar-refractivity contribution in [2.45, 2.75) is 24.9 Å². The lowest BCUT2D eigenvalue weighted by Crippen LogP contribution is -2.27. The lowest BCUT2D eigenvalue weighted by atomic mass is 10.2. The van der Waals surface area contributed by atoms with E-state index in [-0.39, 0.29) is 12.2 Å². The molecule has 1 aliphatic heterocycles. The van der Waals surface area contributed by atoms with Crippen LogP contribution in [0.4, 0.5) is 5.82 Å². The topological polar surface area (TPSA) is 253 Å². The van der Waals surface area contributed by atoms with Crippen molar-refractivity contribution in [2.24, 2.45) is 0 Å². The fourth-order valence-electron chi connectivity index (χ4n) is 2.56. The van der Waals surface area contributed by atoms with Gasteiger partial charge in [0.1, 0.15) is 30.9 Å². The van der Waals surface area contributed by atoms with Gasteiger partial charge in [-0.1, -0.05) is 11.8 Å². The van der Waals surface area contributed by atoms with Gasteiger partial charge in [-0.2, -0.15) is 0 Å². The van der Waals surface area contributed by atoms with Crippen LogP contribution >= 0.6 is 22.4 Å². The van der Waals surface area contributed by atoms with Crippen LogP contribution in [0.25, 0.3) is 11.2 Å². The van der Waals surface area contributed by atoms with Crippen LogP contribution in [-0.4, -0.2) is 43.4 Å². The molecular formula is C10H12N5O11P3S-4. The van der Waals surface area contributed by atoms with E-state index in [0.717, 1.165) is 0 Å². The third-order valence-corrected chi connectivity index (χ3v) is 8.28. The van der Waals surface area contributed by atoms with Crippen LogP contribution < -0.4 is 25.3 Å². The lowest BCUT2D eigenvalue weighted by Gasteiger charge is -2.39. The second kappa shape index (κ2) is 8.56. The van der Waals surface area contributed by atoms with Crippen LogP contribution in [0.5, 0.6) is 0 Å². The molecule has 3 rings (SSSR count). The van der Waals surface area contributed by atoms with Crippen molar-refractivity contribution < 1.29 is 51.7 Å². The summed E-state index contributed by atoms with van der Waals surface area (Å²) in [4.78, 5) is 55.8. The summed E-state index contributed by atoms with van der Waals surface area (Å²) in [5.41, 5.74) is 6.32. The molecule has 0 bridgehead atoms. The Kier molecular flexibility index (Phi) is 6.78. The minimum absolute atomic E-state index is 0.0185. The molecule has 0 amide bonds. The second-order valence-electron chi connectivity index (χ2n) is 5.82. The molecule has 0 aromatic carbocycles. The zero-order valence-corrected chi connectivity index (χ0v) is 17.9. The van der Waals surface area contributed by atoms with E-state index in [0.29, 0.717) is 11.2 Å². The number of imidazole rings is 1. The standard InChI is InChI=1S/C10H16N5O11P3S/c11-9-8-10(13-3-12-9)15(4-14-8)7-1-5(16)6(24-7)2-23-29(22,30)26-28(20,21)25-27(17,18)19/h3-7,16H,1-2H2,(H,20,21)(H,22,30)(H2,11,12,13)(H2,17,18,19)/p-4. The molecule has 3 heterocycles. The van der Waals surface area contributed by atoms with Gasteiger partial charge in [-0.15, -0.1) is 0 Å². The molecule has 2 aromatic heterocycles. The number of hydrogen-bond donors (Lipinski definition) is 2. The molecule has 1 saturated heterocycles. The molecule has 16 nitrogen and oxygen atoms in total.